The Balaban J connectivity index is 1.72. The van der Waals surface area contributed by atoms with Crippen LogP contribution < -0.4 is 4.90 Å². The van der Waals surface area contributed by atoms with Crippen LogP contribution in [0.5, 0.6) is 0 Å². The number of hydrogen-bond donors (Lipinski definition) is 0. The highest BCUT2D eigenvalue weighted by atomic mass is 32.1. The number of aryl methyl sites for hydroxylation is 4. The van der Waals surface area contributed by atoms with Crippen LogP contribution in [-0.4, -0.2) is 10.9 Å². The van der Waals surface area contributed by atoms with E-state index >= 15 is 0 Å². The van der Waals surface area contributed by atoms with Crippen LogP contribution in [-0.2, 0) is 17.8 Å². The maximum Gasteiger partial charge on any atom is 0.233 e. The van der Waals surface area contributed by atoms with Crippen LogP contribution in [0.1, 0.15) is 33.6 Å². The van der Waals surface area contributed by atoms with Crippen molar-refractivity contribution in [3.05, 3.63) is 82.3 Å². The lowest BCUT2D eigenvalue weighted by Gasteiger charge is -2.19. The first kappa shape index (κ1) is 19.4. The summed E-state index contributed by atoms with van der Waals surface area (Å²) in [5.41, 5.74) is 6.61. The molecule has 0 saturated heterocycles. The van der Waals surface area contributed by atoms with Crippen molar-refractivity contribution >= 4 is 32.6 Å². The number of amides is 1. The molecule has 0 bridgehead atoms. The van der Waals surface area contributed by atoms with Crippen molar-refractivity contribution in [2.24, 2.45) is 0 Å². The van der Waals surface area contributed by atoms with Crippen molar-refractivity contribution in [3.8, 4) is 0 Å². The minimum Gasteiger partial charge on any atom is -0.467 e. The minimum absolute atomic E-state index is 0.0172. The third kappa shape index (κ3) is 4.10. The third-order valence-electron chi connectivity index (χ3n) is 5.09. The SMILES string of the molecule is Cc1ccc(C)c(CC(=O)N(Cc2ccco2)c2nc3c(C)cc(C)cc3s2)c1. The Morgan fingerprint density at radius 2 is 1.86 bits per heavy atom. The molecule has 0 N–H and O–H groups in total. The molecule has 2 aromatic heterocycles. The highest BCUT2D eigenvalue weighted by Gasteiger charge is 2.22. The number of anilines is 1. The number of hydrogen-bond acceptors (Lipinski definition) is 4. The van der Waals surface area contributed by atoms with Gasteiger partial charge in [-0.25, -0.2) is 4.98 Å². The zero-order valence-corrected chi connectivity index (χ0v) is 18.0. The summed E-state index contributed by atoms with van der Waals surface area (Å²) in [6.07, 6.45) is 1.97. The Kier molecular flexibility index (Phi) is 5.24. The number of nitrogens with zero attached hydrogens (tertiary/aromatic N) is 2. The second-order valence-electron chi connectivity index (χ2n) is 7.59. The monoisotopic (exact) mass is 404 g/mol. The average molecular weight is 405 g/mol. The van der Waals surface area contributed by atoms with E-state index in [2.05, 4.69) is 44.2 Å². The van der Waals surface area contributed by atoms with Crippen LogP contribution in [0.15, 0.2) is 53.1 Å². The summed E-state index contributed by atoms with van der Waals surface area (Å²) in [4.78, 5) is 20.0. The van der Waals surface area contributed by atoms with Gasteiger partial charge in [0.1, 0.15) is 5.76 Å². The Hall–Kier alpha value is -2.92. The van der Waals surface area contributed by atoms with E-state index in [0.29, 0.717) is 18.1 Å². The van der Waals surface area contributed by atoms with Gasteiger partial charge < -0.3 is 4.42 Å². The second kappa shape index (κ2) is 7.84. The van der Waals surface area contributed by atoms with Crippen molar-refractivity contribution < 1.29 is 9.21 Å². The van der Waals surface area contributed by atoms with E-state index < -0.39 is 0 Å². The molecule has 0 aliphatic heterocycles. The first-order valence-electron chi connectivity index (χ1n) is 9.67. The summed E-state index contributed by atoms with van der Waals surface area (Å²) in [5.74, 6) is 0.759. The average Bonchev–Trinajstić information content (AvgIpc) is 3.32. The van der Waals surface area contributed by atoms with Crippen molar-refractivity contribution in [2.75, 3.05) is 4.90 Å². The predicted octanol–water partition coefficient (Wildman–Crippen LogP) is 5.90. The van der Waals surface area contributed by atoms with E-state index in [0.717, 1.165) is 38.2 Å². The number of fused-ring (bicyclic) bond motifs is 1. The molecule has 29 heavy (non-hydrogen) atoms. The normalized spacial score (nSPS) is 11.2. The quantitative estimate of drug-likeness (QED) is 0.416. The maximum absolute atomic E-state index is 13.4. The third-order valence-corrected chi connectivity index (χ3v) is 6.12. The standard InChI is InChI=1S/C24H24N2O2S/c1-15-7-8-17(3)19(11-15)13-22(27)26(14-20-6-5-9-28-20)24-25-23-18(4)10-16(2)12-21(23)29-24/h5-12H,13-14H2,1-4H3. The summed E-state index contributed by atoms with van der Waals surface area (Å²) in [6, 6.07) is 14.2. The van der Waals surface area contributed by atoms with Crippen molar-refractivity contribution in [1.82, 2.24) is 4.98 Å². The lowest BCUT2D eigenvalue weighted by molar-refractivity contribution is -0.118. The smallest absolute Gasteiger partial charge is 0.233 e. The lowest BCUT2D eigenvalue weighted by Crippen LogP contribution is -2.31. The van der Waals surface area contributed by atoms with E-state index in [9.17, 15) is 4.79 Å². The van der Waals surface area contributed by atoms with Crippen LogP contribution >= 0.6 is 11.3 Å². The predicted molar refractivity (Wildman–Crippen MR) is 119 cm³/mol. The van der Waals surface area contributed by atoms with Crippen LogP contribution in [0.25, 0.3) is 10.2 Å². The molecule has 0 radical (unpaired) electrons. The lowest BCUT2D eigenvalue weighted by atomic mass is 10.0. The molecule has 0 fully saturated rings. The number of carbonyl (C=O) groups is 1. The number of thiazole rings is 1. The molecule has 148 valence electrons. The van der Waals surface area contributed by atoms with E-state index in [-0.39, 0.29) is 5.91 Å². The summed E-state index contributed by atoms with van der Waals surface area (Å²) >= 11 is 1.55. The van der Waals surface area contributed by atoms with Gasteiger partial charge >= 0.3 is 0 Å². The molecular formula is C24H24N2O2S. The second-order valence-corrected chi connectivity index (χ2v) is 8.60. The van der Waals surface area contributed by atoms with Gasteiger partial charge in [-0.3, -0.25) is 9.69 Å². The summed E-state index contributed by atoms with van der Waals surface area (Å²) in [7, 11) is 0. The fourth-order valence-corrected chi connectivity index (χ4v) is 4.70. The first-order chi connectivity index (χ1) is 13.9. The molecule has 2 heterocycles. The van der Waals surface area contributed by atoms with Gasteiger partial charge in [0, 0.05) is 0 Å². The molecule has 2 aromatic carbocycles. The minimum atomic E-state index is 0.0172. The Labute approximate surface area is 174 Å². The highest BCUT2D eigenvalue weighted by Crippen LogP contribution is 2.33. The number of aromatic nitrogens is 1. The van der Waals surface area contributed by atoms with Crippen molar-refractivity contribution in [1.29, 1.82) is 0 Å². The van der Waals surface area contributed by atoms with Crippen LogP contribution in [0.2, 0.25) is 0 Å². The molecule has 4 rings (SSSR count). The van der Waals surface area contributed by atoms with E-state index in [1.807, 2.05) is 26.0 Å². The van der Waals surface area contributed by atoms with Crippen LogP contribution in [0, 0.1) is 27.7 Å². The summed E-state index contributed by atoms with van der Waals surface area (Å²) in [6.45, 7) is 8.61. The highest BCUT2D eigenvalue weighted by molar-refractivity contribution is 7.22. The van der Waals surface area contributed by atoms with Gasteiger partial charge in [0.25, 0.3) is 0 Å². The zero-order chi connectivity index (χ0) is 20.5. The van der Waals surface area contributed by atoms with Gasteiger partial charge in [-0.1, -0.05) is 41.2 Å². The topological polar surface area (TPSA) is 46.3 Å². The Bertz CT molecular complexity index is 1180. The molecule has 0 atom stereocenters. The van der Waals surface area contributed by atoms with E-state index in [1.54, 1.807) is 22.5 Å². The van der Waals surface area contributed by atoms with Gasteiger partial charge in [-0.2, -0.15) is 0 Å². The van der Waals surface area contributed by atoms with Gasteiger partial charge in [0.2, 0.25) is 5.91 Å². The number of benzene rings is 2. The fraction of sp³-hybridized carbons (Fsp3) is 0.250. The molecule has 4 nitrogen and oxygen atoms in total. The van der Waals surface area contributed by atoms with Crippen molar-refractivity contribution in [3.63, 3.8) is 0 Å². The number of rotatable bonds is 5. The molecule has 0 unspecified atom stereocenters. The van der Waals surface area contributed by atoms with Gasteiger partial charge in [0.15, 0.2) is 5.13 Å². The molecule has 4 aromatic rings. The molecule has 1 amide bonds. The molecular weight excluding hydrogens is 380 g/mol. The van der Waals surface area contributed by atoms with Crippen LogP contribution in [0.3, 0.4) is 0 Å². The largest absolute Gasteiger partial charge is 0.467 e. The molecule has 5 heteroatoms. The van der Waals surface area contributed by atoms with Crippen LogP contribution in [0.4, 0.5) is 5.13 Å². The van der Waals surface area contributed by atoms with E-state index in [1.165, 1.54) is 5.56 Å². The van der Waals surface area contributed by atoms with Gasteiger partial charge in [0.05, 0.1) is 29.4 Å². The zero-order valence-electron chi connectivity index (χ0n) is 17.2. The first-order valence-corrected chi connectivity index (χ1v) is 10.5. The van der Waals surface area contributed by atoms with E-state index in [4.69, 9.17) is 9.40 Å². The number of furan rings is 1. The molecule has 0 saturated carbocycles. The summed E-state index contributed by atoms with van der Waals surface area (Å²) in [5, 5.41) is 0.709. The molecule has 0 aliphatic rings. The fourth-order valence-electron chi connectivity index (χ4n) is 3.54. The van der Waals surface area contributed by atoms with Gasteiger partial charge in [-0.05, 0) is 68.1 Å². The Morgan fingerprint density at radius 3 is 2.62 bits per heavy atom. The number of carbonyl (C=O) groups excluding carboxylic acids is 1. The Morgan fingerprint density at radius 1 is 1.03 bits per heavy atom. The summed E-state index contributed by atoms with van der Waals surface area (Å²) < 4.78 is 6.63. The van der Waals surface area contributed by atoms with Crippen molar-refractivity contribution in [2.45, 2.75) is 40.7 Å². The van der Waals surface area contributed by atoms with Gasteiger partial charge in [-0.15, -0.1) is 0 Å². The molecule has 0 aliphatic carbocycles. The maximum atomic E-state index is 13.4. The molecule has 0 spiro atoms.